The molecule has 0 bridgehead atoms. The Hall–Kier alpha value is -2.70. The maximum absolute atomic E-state index is 14.0. The van der Waals surface area contributed by atoms with Gasteiger partial charge in [0.2, 0.25) is 0 Å². The molecule has 0 radical (unpaired) electrons. The molecular formula is C14H13F2N3O2. The third-order valence-corrected chi connectivity index (χ3v) is 2.78. The molecule has 0 saturated heterocycles. The molecular weight excluding hydrogens is 280 g/mol. The van der Waals surface area contributed by atoms with Gasteiger partial charge in [-0.1, -0.05) is 0 Å². The Morgan fingerprint density at radius 2 is 2.05 bits per heavy atom. The summed E-state index contributed by atoms with van der Waals surface area (Å²) in [6.07, 6.45) is 1.31. The second-order valence-corrected chi connectivity index (χ2v) is 4.07. The van der Waals surface area contributed by atoms with E-state index in [0.29, 0.717) is 0 Å². The molecule has 0 fully saturated rings. The number of halogens is 2. The number of nitrogens with one attached hydrogen (secondary N) is 2. The molecule has 7 heteroatoms. The lowest BCUT2D eigenvalue weighted by Gasteiger charge is -2.11. The van der Waals surface area contributed by atoms with Crippen molar-refractivity contribution in [1.82, 2.24) is 4.98 Å². The molecule has 2 N–H and O–H groups in total. The molecule has 1 aromatic heterocycles. The van der Waals surface area contributed by atoms with E-state index in [0.717, 1.165) is 6.07 Å². The number of ether oxygens (including phenoxy) is 1. The van der Waals surface area contributed by atoms with Crippen molar-refractivity contribution in [3.05, 3.63) is 47.7 Å². The monoisotopic (exact) mass is 293 g/mol. The molecule has 1 heterocycles. The summed E-state index contributed by atoms with van der Waals surface area (Å²) >= 11 is 0. The van der Waals surface area contributed by atoms with Crippen LogP contribution in [0.15, 0.2) is 30.5 Å². The maximum atomic E-state index is 14.0. The Morgan fingerprint density at radius 3 is 2.71 bits per heavy atom. The molecule has 0 unspecified atom stereocenters. The molecule has 0 aliphatic rings. The fourth-order valence-electron chi connectivity index (χ4n) is 1.75. The first-order valence-corrected chi connectivity index (χ1v) is 6.04. The first kappa shape index (κ1) is 14.7. The summed E-state index contributed by atoms with van der Waals surface area (Å²) in [5.41, 5.74) is 0.0619. The number of anilines is 2. The van der Waals surface area contributed by atoms with Crippen molar-refractivity contribution in [3.8, 4) is 5.75 Å². The van der Waals surface area contributed by atoms with Crippen LogP contribution in [0.3, 0.4) is 0 Å². The summed E-state index contributed by atoms with van der Waals surface area (Å²) in [6.45, 7) is 0. The summed E-state index contributed by atoms with van der Waals surface area (Å²) in [5, 5.41) is 5.01. The van der Waals surface area contributed by atoms with E-state index < -0.39 is 17.5 Å². The highest BCUT2D eigenvalue weighted by Crippen LogP contribution is 2.26. The normalized spacial score (nSPS) is 10.1. The van der Waals surface area contributed by atoms with E-state index >= 15 is 0 Å². The van der Waals surface area contributed by atoms with E-state index in [-0.39, 0.29) is 22.8 Å². The number of benzene rings is 1. The van der Waals surface area contributed by atoms with Crippen LogP contribution in [0.1, 0.15) is 10.4 Å². The predicted molar refractivity (Wildman–Crippen MR) is 74.6 cm³/mol. The van der Waals surface area contributed by atoms with Crippen LogP contribution in [0.4, 0.5) is 20.3 Å². The number of carbonyl (C=O) groups excluding carboxylic acids is 1. The van der Waals surface area contributed by atoms with E-state index in [2.05, 4.69) is 15.6 Å². The van der Waals surface area contributed by atoms with Gasteiger partial charge >= 0.3 is 0 Å². The zero-order valence-electron chi connectivity index (χ0n) is 11.4. The maximum Gasteiger partial charge on any atom is 0.258 e. The van der Waals surface area contributed by atoms with Crippen LogP contribution in [-0.2, 0) is 0 Å². The van der Waals surface area contributed by atoms with Crippen molar-refractivity contribution >= 4 is 17.4 Å². The van der Waals surface area contributed by atoms with Crippen LogP contribution in [-0.4, -0.2) is 25.0 Å². The fraction of sp³-hybridized carbons (Fsp3) is 0.143. The van der Waals surface area contributed by atoms with Crippen molar-refractivity contribution in [2.45, 2.75) is 0 Å². The Morgan fingerprint density at radius 1 is 1.29 bits per heavy atom. The third-order valence-electron chi connectivity index (χ3n) is 2.78. The number of carbonyl (C=O) groups is 1. The standard InChI is InChI=1S/C14H13F2N3O2/c1-17-13-12(16)9(5-6-18-13)14(20)19-10-4-3-8(15)7-11(10)21-2/h3-7H,1-2H3,(H,17,18)(H,19,20). The number of hydrogen-bond acceptors (Lipinski definition) is 4. The van der Waals surface area contributed by atoms with Crippen molar-refractivity contribution < 1.29 is 18.3 Å². The van der Waals surface area contributed by atoms with E-state index in [1.54, 1.807) is 0 Å². The minimum atomic E-state index is -0.765. The van der Waals surface area contributed by atoms with E-state index in [4.69, 9.17) is 4.74 Å². The van der Waals surface area contributed by atoms with Gasteiger partial charge in [0.25, 0.3) is 5.91 Å². The highest BCUT2D eigenvalue weighted by molar-refractivity contribution is 6.05. The van der Waals surface area contributed by atoms with Crippen LogP contribution in [0.5, 0.6) is 5.75 Å². The van der Waals surface area contributed by atoms with Crippen LogP contribution in [0, 0.1) is 11.6 Å². The average Bonchev–Trinajstić information content (AvgIpc) is 2.49. The molecule has 1 aromatic carbocycles. The molecule has 2 rings (SSSR count). The van der Waals surface area contributed by atoms with Crippen LogP contribution < -0.4 is 15.4 Å². The van der Waals surface area contributed by atoms with Gasteiger partial charge in [-0.3, -0.25) is 4.79 Å². The van der Waals surface area contributed by atoms with Gasteiger partial charge in [0.15, 0.2) is 11.6 Å². The topological polar surface area (TPSA) is 63.2 Å². The molecule has 0 atom stereocenters. The van der Waals surface area contributed by atoms with Gasteiger partial charge in [-0.15, -0.1) is 0 Å². The summed E-state index contributed by atoms with van der Waals surface area (Å²) in [4.78, 5) is 15.9. The highest BCUT2D eigenvalue weighted by atomic mass is 19.1. The molecule has 1 amide bonds. The molecule has 5 nitrogen and oxygen atoms in total. The molecule has 0 aliphatic heterocycles. The lowest BCUT2D eigenvalue weighted by molar-refractivity contribution is 0.102. The lowest BCUT2D eigenvalue weighted by Crippen LogP contribution is -2.15. The van der Waals surface area contributed by atoms with Crippen molar-refractivity contribution in [2.24, 2.45) is 0 Å². The van der Waals surface area contributed by atoms with Crippen molar-refractivity contribution in [2.75, 3.05) is 24.8 Å². The number of nitrogens with zero attached hydrogens (tertiary/aromatic N) is 1. The SMILES string of the molecule is CNc1nccc(C(=O)Nc2ccc(F)cc2OC)c1F. The Labute approximate surface area is 120 Å². The number of hydrogen-bond donors (Lipinski definition) is 2. The molecule has 21 heavy (non-hydrogen) atoms. The summed E-state index contributed by atoms with van der Waals surface area (Å²) in [6, 6.07) is 4.88. The Kier molecular flexibility index (Phi) is 4.32. The second kappa shape index (κ2) is 6.17. The average molecular weight is 293 g/mol. The van der Waals surface area contributed by atoms with E-state index in [1.165, 1.54) is 38.6 Å². The molecule has 0 spiro atoms. The smallest absolute Gasteiger partial charge is 0.258 e. The van der Waals surface area contributed by atoms with Crippen molar-refractivity contribution in [1.29, 1.82) is 0 Å². The largest absolute Gasteiger partial charge is 0.494 e. The van der Waals surface area contributed by atoms with Crippen molar-refractivity contribution in [3.63, 3.8) is 0 Å². The summed E-state index contributed by atoms with van der Waals surface area (Å²) in [5.74, 6) is -1.84. The molecule has 0 aliphatic carbocycles. The van der Waals surface area contributed by atoms with Crippen LogP contribution in [0.25, 0.3) is 0 Å². The van der Waals surface area contributed by atoms with Gasteiger partial charge in [-0.25, -0.2) is 13.8 Å². The Bertz CT molecular complexity index is 677. The number of rotatable bonds is 4. The van der Waals surface area contributed by atoms with Gasteiger partial charge in [-0.05, 0) is 18.2 Å². The van der Waals surface area contributed by atoms with Gasteiger partial charge in [-0.2, -0.15) is 0 Å². The highest BCUT2D eigenvalue weighted by Gasteiger charge is 2.17. The third kappa shape index (κ3) is 3.07. The number of pyridine rings is 1. The van der Waals surface area contributed by atoms with Gasteiger partial charge in [0.05, 0.1) is 18.4 Å². The molecule has 110 valence electrons. The number of amides is 1. The minimum Gasteiger partial charge on any atom is -0.494 e. The molecule has 0 saturated carbocycles. The van der Waals surface area contributed by atoms with Gasteiger partial charge in [0, 0.05) is 19.3 Å². The van der Waals surface area contributed by atoms with E-state index in [1.807, 2.05) is 0 Å². The summed E-state index contributed by atoms with van der Waals surface area (Å²) in [7, 11) is 2.84. The molecule has 2 aromatic rings. The quantitative estimate of drug-likeness (QED) is 0.909. The van der Waals surface area contributed by atoms with E-state index in [9.17, 15) is 13.6 Å². The lowest BCUT2D eigenvalue weighted by atomic mass is 10.2. The summed E-state index contributed by atoms with van der Waals surface area (Å²) < 4.78 is 32.0. The minimum absolute atomic E-state index is 0.0336. The van der Waals surface area contributed by atoms with Gasteiger partial charge < -0.3 is 15.4 Å². The number of methoxy groups -OCH3 is 1. The predicted octanol–water partition coefficient (Wildman–Crippen LogP) is 2.66. The van der Waals surface area contributed by atoms with Crippen LogP contribution in [0.2, 0.25) is 0 Å². The Balaban J connectivity index is 2.30. The second-order valence-electron chi connectivity index (χ2n) is 4.07. The zero-order chi connectivity index (χ0) is 15.4. The first-order valence-electron chi connectivity index (χ1n) is 6.04. The fourth-order valence-corrected chi connectivity index (χ4v) is 1.75. The first-order chi connectivity index (χ1) is 10.1. The van der Waals surface area contributed by atoms with Gasteiger partial charge in [0.1, 0.15) is 11.6 Å². The zero-order valence-corrected chi connectivity index (χ0v) is 11.4. The number of aromatic nitrogens is 1. The van der Waals surface area contributed by atoms with Crippen LogP contribution >= 0.6 is 0 Å².